The maximum atomic E-state index is 12.2. The van der Waals surface area contributed by atoms with Gasteiger partial charge in [-0.2, -0.15) is 0 Å². The van der Waals surface area contributed by atoms with E-state index in [0.29, 0.717) is 16.0 Å². The zero-order valence-corrected chi connectivity index (χ0v) is 14.5. The summed E-state index contributed by atoms with van der Waals surface area (Å²) >= 11 is 3.33. The maximum Gasteiger partial charge on any atom is 0.265 e. The fourth-order valence-corrected chi connectivity index (χ4v) is 2.86. The number of benzene rings is 1. The molecule has 4 nitrogen and oxygen atoms in total. The van der Waals surface area contributed by atoms with Gasteiger partial charge in [0.05, 0.1) is 18.4 Å². The Bertz CT molecular complexity index is 730. The predicted octanol–water partition coefficient (Wildman–Crippen LogP) is 3.81. The number of halogens is 1. The third-order valence-corrected chi connectivity index (χ3v) is 3.92. The zero-order chi connectivity index (χ0) is 15.8. The van der Waals surface area contributed by atoms with Crippen molar-refractivity contribution in [3.8, 4) is 17.1 Å². The standard InChI is InChI=1S/C16H19BrN2O2/c1-9-6-7-10(11(8-9)21-5)14-18-13(16(2,3)4)12(17)15(20)19-14/h6-8H,1-5H3,(H,18,19,20). The van der Waals surface area contributed by atoms with Crippen molar-refractivity contribution in [2.75, 3.05) is 7.11 Å². The highest BCUT2D eigenvalue weighted by Gasteiger charge is 2.23. The molecule has 2 aromatic rings. The smallest absolute Gasteiger partial charge is 0.265 e. The van der Waals surface area contributed by atoms with Crippen LogP contribution in [0.3, 0.4) is 0 Å². The van der Waals surface area contributed by atoms with Gasteiger partial charge in [-0.3, -0.25) is 4.79 Å². The second-order valence-electron chi connectivity index (χ2n) is 6.03. The molecule has 2 rings (SSSR count). The van der Waals surface area contributed by atoms with Gasteiger partial charge in [0, 0.05) is 5.41 Å². The highest BCUT2D eigenvalue weighted by atomic mass is 79.9. The minimum absolute atomic E-state index is 0.187. The second-order valence-corrected chi connectivity index (χ2v) is 6.82. The molecule has 0 amide bonds. The number of hydrogen-bond donors (Lipinski definition) is 1. The van der Waals surface area contributed by atoms with Crippen molar-refractivity contribution in [1.29, 1.82) is 0 Å². The van der Waals surface area contributed by atoms with Crippen LogP contribution in [0.2, 0.25) is 0 Å². The fourth-order valence-electron chi connectivity index (χ4n) is 2.08. The molecule has 1 N–H and O–H groups in total. The number of nitrogens with zero attached hydrogens (tertiary/aromatic N) is 1. The first kappa shape index (κ1) is 15.8. The average molecular weight is 351 g/mol. The lowest BCUT2D eigenvalue weighted by Gasteiger charge is -2.20. The van der Waals surface area contributed by atoms with Crippen LogP contribution in [0, 0.1) is 6.92 Å². The van der Waals surface area contributed by atoms with E-state index in [1.165, 1.54) is 0 Å². The molecule has 0 radical (unpaired) electrons. The Labute approximate surface area is 132 Å². The van der Waals surface area contributed by atoms with Gasteiger partial charge in [-0.05, 0) is 40.5 Å². The molecule has 5 heteroatoms. The van der Waals surface area contributed by atoms with Crippen molar-refractivity contribution in [3.63, 3.8) is 0 Å². The molecule has 0 fully saturated rings. The molecule has 0 saturated heterocycles. The molecule has 0 aliphatic rings. The third kappa shape index (κ3) is 3.18. The molecule has 0 aliphatic heterocycles. The average Bonchev–Trinajstić information content (AvgIpc) is 2.40. The number of hydrogen-bond acceptors (Lipinski definition) is 3. The molecule has 21 heavy (non-hydrogen) atoms. The van der Waals surface area contributed by atoms with E-state index in [1.807, 2.05) is 45.9 Å². The van der Waals surface area contributed by atoms with Gasteiger partial charge in [-0.15, -0.1) is 0 Å². The Morgan fingerprint density at radius 3 is 2.52 bits per heavy atom. The van der Waals surface area contributed by atoms with E-state index >= 15 is 0 Å². The molecule has 1 aromatic heterocycles. The van der Waals surface area contributed by atoms with Gasteiger partial charge >= 0.3 is 0 Å². The number of aryl methyl sites for hydroxylation is 1. The Morgan fingerprint density at radius 1 is 1.29 bits per heavy atom. The Balaban J connectivity index is 2.71. The van der Waals surface area contributed by atoms with E-state index in [9.17, 15) is 4.79 Å². The fraction of sp³-hybridized carbons (Fsp3) is 0.375. The van der Waals surface area contributed by atoms with E-state index in [4.69, 9.17) is 4.74 Å². The Morgan fingerprint density at radius 2 is 1.95 bits per heavy atom. The maximum absolute atomic E-state index is 12.2. The summed E-state index contributed by atoms with van der Waals surface area (Å²) in [6.07, 6.45) is 0. The van der Waals surface area contributed by atoms with E-state index in [0.717, 1.165) is 16.8 Å². The summed E-state index contributed by atoms with van der Waals surface area (Å²) in [4.78, 5) is 19.6. The van der Waals surface area contributed by atoms with Gasteiger partial charge in [-0.1, -0.05) is 26.8 Å². The van der Waals surface area contributed by atoms with Gasteiger partial charge in [0.1, 0.15) is 16.0 Å². The van der Waals surface area contributed by atoms with Gasteiger partial charge in [0.25, 0.3) is 5.56 Å². The quantitative estimate of drug-likeness (QED) is 0.895. The van der Waals surface area contributed by atoms with E-state index < -0.39 is 0 Å². The monoisotopic (exact) mass is 350 g/mol. The SMILES string of the molecule is COc1cc(C)ccc1-c1nc(C(C)(C)C)c(Br)c(=O)[nH]1. The van der Waals surface area contributed by atoms with Crippen LogP contribution in [-0.4, -0.2) is 17.1 Å². The molecule has 112 valence electrons. The first-order valence-electron chi connectivity index (χ1n) is 6.69. The highest BCUT2D eigenvalue weighted by Crippen LogP contribution is 2.31. The van der Waals surface area contributed by atoms with Crippen LogP contribution < -0.4 is 10.3 Å². The van der Waals surface area contributed by atoms with Crippen LogP contribution in [-0.2, 0) is 5.41 Å². The van der Waals surface area contributed by atoms with Crippen LogP contribution in [0.25, 0.3) is 11.4 Å². The van der Waals surface area contributed by atoms with Crippen molar-refractivity contribution in [2.24, 2.45) is 0 Å². The molecule has 0 atom stereocenters. The molecule has 0 saturated carbocycles. The Hall–Kier alpha value is -1.62. The first-order chi connectivity index (χ1) is 9.74. The largest absolute Gasteiger partial charge is 0.496 e. The number of H-pyrrole nitrogens is 1. The van der Waals surface area contributed by atoms with Crippen LogP contribution in [0.5, 0.6) is 5.75 Å². The molecule has 1 aromatic carbocycles. The summed E-state index contributed by atoms with van der Waals surface area (Å²) in [6.45, 7) is 8.06. The molecule has 0 unspecified atom stereocenters. The number of aromatic amines is 1. The summed E-state index contributed by atoms with van der Waals surface area (Å²) in [7, 11) is 1.61. The van der Waals surface area contributed by atoms with Gasteiger partial charge in [-0.25, -0.2) is 4.98 Å². The molecule has 0 spiro atoms. The lowest BCUT2D eigenvalue weighted by molar-refractivity contribution is 0.415. The lowest BCUT2D eigenvalue weighted by atomic mass is 9.92. The van der Waals surface area contributed by atoms with Crippen LogP contribution >= 0.6 is 15.9 Å². The number of methoxy groups -OCH3 is 1. The van der Waals surface area contributed by atoms with E-state index in [-0.39, 0.29) is 11.0 Å². The van der Waals surface area contributed by atoms with Gasteiger partial charge in [0.2, 0.25) is 0 Å². The molecular weight excluding hydrogens is 332 g/mol. The van der Waals surface area contributed by atoms with Crippen molar-refractivity contribution >= 4 is 15.9 Å². The third-order valence-electron chi connectivity index (χ3n) is 3.19. The minimum Gasteiger partial charge on any atom is -0.496 e. The van der Waals surface area contributed by atoms with Crippen molar-refractivity contribution in [1.82, 2.24) is 9.97 Å². The van der Waals surface area contributed by atoms with Crippen molar-refractivity contribution in [3.05, 3.63) is 44.3 Å². The molecule has 1 heterocycles. The van der Waals surface area contributed by atoms with Crippen LogP contribution in [0.1, 0.15) is 32.0 Å². The minimum atomic E-state index is -0.236. The predicted molar refractivity (Wildman–Crippen MR) is 88.0 cm³/mol. The van der Waals surface area contributed by atoms with Gasteiger partial charge in [0.15, 0.2) is 0 Å². The lowest BCUT2D eigenvalue weighted by Crippen LogP contribution is -2.22. The highest BCUT2D eigenvalue weighted by molar-refractivity contribution is 9.10. The number of aromatic nitrogens is 2. The summed E-state index contributed by atoms with van der Waals surface area (Å²) < 4.78 is 5.88. The molecular formula is C16H19BrN2O2. The summed E-state index contributed by atoms with van der Waals surface area (Å²) in [5.41, 5.74) is 2.17. The van der Waals surface area contributed by atoms with Crippen molar-refractivity contribution in [2.45, 2.75) is 33.1 Å². The van der Waals surface area contributed by atoms with Crippen LogP contribution in [0.15, 0.2) is 27.5 Å². The van der Waals surface area contributed by atoms with Gasteiger partial charge < -0.3 is 9.72 Å². The number of ether oxygens (including phenoxy) is 1. The summed E-state index contributed by atoms with van der Waals surface area (Å²) in [6, 6.07) is 5.80. The summed E-state index contributed by atoms with van der Waals surface area (Å²) in [5, 5.41) is 0. The normalized spacial score (nSPS) is 11.5. The molecule has 0 aliphatic carbocycles. The second kappa shape index (κ2) is 5.64. The zero-order valence-electron chi connectivity index (χ0n) is 12.9. The van der Waals surface area contributed by atoms with E-state index in [2.05, 4.69) is 25.9 Å². The van der Waals surface area contributed by atoms with E-state index in [1.54, 1.807) is 7.11 Å². The topological polar surface area (TPSA) is 55.0 Å². The number of rotatable bonds is 2. The summed E-state index contributed by atoms with van der Waals surface area (Å²) in [5.74, 6) is 1.21. The Kier molecular flexibility index (Phi) is 4.23. The number of nitrogens with one attached hydrogen (secondary N) is 1. The first-order valence-corrected chi connectivity index (χ1v) is 7.48. The van der Waals surface area contributed by atoms with Crippen LogP contribution in [0.4, 0.5) is 0 Å². The molecule has 0 bridgehead atoms. The van der Waals surface area contributed by atoms with Crippen molar-refractivity contribution < 1.29 is 4.74 Å².